The Bertz CT molecular complexity index is 1140. The molecule has 1 N–H and O–H groups in total. The van der Waals surface area contributed by atoms with Crippen LogP contribution in [-0.4, -0.2) is 15.0 Å². The second-order valence-corrected chi connectivity index (χ2v) is 5.24. The molecule has 0 aliphatic rings. The quantitative estimate of drug-likeness (QED) is 0.423. The number of nitrogens with one attached hydrogen (secondary N) is 1. The van der Waals surface area contributed by atoms with Crippen molar-refractivity contribution in [3.63, 3.8) is 0 Å². The molecule has 0 saturated heterocycles. The molecule has 0 amide bonds. The van der Waals surface area contributed by atoms with E-state index in [2.05, 4.69) is 23.2 Å². The SMILES string of the molecule is c1ccc2[nH]c3ccc4c5ccccc5nc4c3nc2c1. The van der Waals surface area contributed by atoms with E-state index in [1.54, 1.807) is 0 Å². The minimum Gasteiger partial charge on any atom is -0.352 e. The standard InChI is InChI=1S/C18H11N3/c1-2-6-13-11(5-1)12-9-10-16-18(17(12)20-13)21-15-8-4-3-7-14(15)19-16/h1-10,19H. The van der Waals surface area contributed by atoms with Crippen molar-refractivity contribution in [3.05, 3.63) is 60.7 Å². The van der Waals surface area contributed by atoms with Gasteiger partial charge in [-0.1, -0.05) is 30.3 Å². The van der Waals surface area contributed by atoms with Gasteiger partial charge >= 0.3 is 0 Å². The van der Waals surface area contributed by atoms with Crippen LogP contribution < -0.4 is 0 Å². The number of aromatic nitrogens is 3. The molecule has 0 fully saturated rings. The van der Waals surface area contributed by atoms with Crippen molar-refractivity contribution >= 4 is 43.9 Å². The van der Waals surface area contributed by atoms with E-state index in [0.717, 1.165) is 38.5 Å². The van der Waals surface area contributed by atoms with Crippen LogP contribution in [0.4, 0.5) is 0 Å². The summed E-state index contributed by atoms with van der Waals surface area (Å²) in [7, 11) is 0. The van der Waals surface area contributed by atoms with Crippen LogP contribution in [0, 0.1) is 0 Å². The summed E-state index contributed by atoms with van der Waals surface area (Å²) in [6.45, 7) is 0. The maximum atomic E-state index is 4.81. The van der Waals surface area contributed by atoms with Gasteiger partial charge in [0.2, 0.25) is 0 Å². The average molecular weight is 269 g/mol. The van der Waals surface area contributed by atoms with Gasteiger partial charge in [-0.2, -0.15) is 0 Å². The second kappa shape index (κ2) is 3.79. The zero-order chi connectivity index (χ0) is 13.8. The molecular weight excluding hydrogens is 258 g/mol. The van der Waals surface area contributed by atoms with Gasteiger partial charge < -0.3 is 4.98 Å². The van der Waals surface area contributed by atoms with Crippen LogP contribution in [0.3, 0.4) is 0 Å². The predicted molar refractivity (Wildman–Crippen MR) is 86.4 cm³/mol. The van der Waals surface area contributed by atoms with Crippen LogP contribution in [0.2, 0.25) is 0 Å². The number of fused-ring (bicyclic) bond motifs is 6. The number of rotatable bonds is 0. The Morgan fingerprint density at radius 1 is 0.571 bits per heavy atom. The minimum atomic E-state index is 0.933. The summed E-state index contributed by atoms with van der Waals surface area (Å²) in [6, 6.07) is 20.5. The average Bonchev–Trinajstić information content (AvgIpc) is 2.92. The van der Waals surface area contributed by atoms with E-state index < -0.39 is 0 Å². The molecule has 3 heteroatoms. The van der Waals surface area contributed by atoms with Crippen LogP contribution in [-0.2, 0) is 0 Å². The van der Waals surface area contributed by atoms with Gasteiger partial charge in [0.05, 0.1) is 27.6 Å². The van der Waals surface area contributed by atoms with Crippen LogP contribution in [0.5, 0.6) is 0 Å². The largest absolute Gasteiger partial charge is 0.352 e. The molecule has 2 aromatic heterocycles. The van der Waals surface area contributed by atoms with Gasteiger partial charge in [-0.05, 0) is 30.3 Å². The zero-order valence-corrected chi connectivity index (χ0v) is 11.2. The van der Waals surface area contributed by atoms with E-state index in [1.165, 1.54) is 5.39 Å². The number of benzene rings is 3. The topological polar surface area (TPSA) is 41.6 Å². The van der Waals surface area contributed by atoms with Gasteiger partial charge in [0.25, 0.3) is 0 Å². The third-order valence-corrected chi connectivity index (χ3v) is 3.98. The van der Waals surface area contributed by atoms with Crippen molar-refractivity contribution in [3.8, 4) is 0 Å². The van der Waals surface area contributed by atoms with Gasteiger partial charge in [0.1, 0.15) is 5.52 Å². The first-order valence-electron chi connectivity index (χ1n) is 6.96. The third-order valence-electron chi connectivity index (χ3n) is 3.98. The first-order chi connectivity index (χ1) is 10.4. The highest BCUT2D eigenvalue weighted by atomic mass is 14.8. The molecule has 0 spiro atoms. The zero-order valence-electron chi connectivity index (χ0n) is 11.2. The molecule has 98 valence electrons. The summed E-state index contributed by atoms with van der Waals surface area (Å²) in [4.78, 5) is 13.0. The summed E-state index contributed by atoms with van der Waals surface area (Å²) in [5.74, 6) is 0. The number of aromatic amines is 1. The summed E-state index contributed by atoms with van der Waals surface area (Å²) in [5.41, 5.74) is 5.95. The Kier molecular flexibility index (Phi) is 1.95. The maximum Gasteiger partial charge on any atom is 0.113 e. The van der Waals surface area contributed by atoms with Crippen molar-refractivity contribution in [1.29, 1.82) is 0 Å². The fourth-order valence-corrected chi connectivity index (χ4v) is 2.99. The molecule has 0 aliphatic heterocycles. The Balaban J connectivity index is 2.05. The Labute approximate surface area is 120 Å². The number of nitrogens with zero attached hydrogens (tertiary/aromatic N) is 2. The molecule has 21 heavy (non-hydrogen) atoms. The minimum absolute atomic E-state index is 0.933. The van der Waals surface area contributed by atoms with E-state index in [4.69, 9.17) is 9.97 Å². The van der Waals surface area contributed by atoms with Crippen molar-refractivity contribution in [2.75, 3.05) is 0 Å². The summed E-state index contributed by atoms with van der Waals surface area (Å²) in [6.07, 6.45) is 0. The molecule has 2 heterocycles. The fraction of sp³-hybridized carbons (Fsp3) is 0. The number of H-pyrrole nitrogens is 1. The molecule has 0 saturated carbocycles. The number of para-hydroxylation sites is 3. The smallest absolute Gasteiger partial charge is 0.113 e. The Morgan fingerprint density at radius 2 is 1.33 bits per heavy atom. The van der Waals surface area contributed by atoms with Crippen molar-refractivity contribution < 1.29 is 0 Å². The molecule has 0 atom stereocenters. The van der Waals surface area contributed by atoms with Crippen LogP contribution in [0.1, 0.15) is 0 Å². The van der Waals surface area contributed by atoms with Gasteiger partial charge in [0.15, 0.2) is 0 Å². The Morgan fingerprint density at radius 3 is 2.29 bits per heavy atom. The van der Waals surface area contributed by atoms with E-state index >= 15 is 0 Å². The third kappa shape index (κ3) is 1.43. The van der Waals surface area contributed by atoms with Gasteiger partial charge in [-0.25, -0.2) is 9.97 Å². The summed E-state index contributed by atoms with van der Waals surface area (Å²) < 4.78 is 0. The highest BCUT2D eigenvalue weighted by Gasteiger charge is 2.10. The first-order valence-corrected chi connectivity index (χ1v) is 6.96. The highest BCUT2D eigenvalue weighted by molar-refractivity contribution is 6.15. The summed E-state index contributed by atoms with van der Waals surface area (Å²) >= 11 is 0. The number of hydrogen-bond acceptors (Lipinski definition) is 2. The monoisotopic (exact) mass is 269 g/mol. The maximum absolute atomic E-state index is 4.81. The van der Waals surface area contributed by atoms with E-state index in [1.807, 2.05) is 42.5 Å². The van der Waals surface area contributed by atoms with Crippen LogP contribution in [0.25, 0.3) is 43.9 Å². The molecule has 3 aromatic carbocycles. The molecular formula is C18H11N3. The van der Waals surface area contributed by atoms with Crippen LogP contribution >= 0.6 is 0 Å². The van der Waals surface area contributed by atoms with Crippen molar-refractivity contribution in [2.45, 2.75) is 0 Å². The molecule has 0 radical (unpaired) electrons. The van der Waals surface area contributed by atoms with Crippen molar-refractivity contribution in [2.24, 2.45) is 0 Å². The lowest BCUT2D eigenvalue weighted by Gasteiger charge is -2.03. The molecule has 0 bridgehead atoms. The van der Waals surface area contributed by atoms with Gasteiger partial charge in [-0.15, -0.1) is 0 Å². The normalized spacial score (nSPS) is 11.8. The Hall–Kier alpha value is -2.94. The van der Waals surface area contributed by atoms with Crippen molar-refractivity contribution in [1.82, 2.24) is 15.0 Å². The second-order valence-electron chi connectivity index (χ2n) is 5.24. The lowest BCUT2D eigenvalue weighted by atomic mass is 10.1. The predicted octanol–water partition coefficient (Wildman–Crippen LogP) is 4.42. The molecule has 5 rings (SSSR count). The van der Waals surface area contributed by atoms with Gasteiger partial charge in [-0.3, -0.25) is 0 Å². The number of hydrogen-bond donors (Lipinski definition) is 1. The molecule has 0 unspecified atom stereocenters. The highest BCUT2D eigenvalue weighted by Crippen LogP contribution is 2.30. The lowest BCUT2D eigenvalue weighted by Crippen LogP contribution is -1.87. The lowest BCUT2D eigenvalue weighted by molar-refractivity contribution is 1.40. The fourth-order valence-electron chi connectivity index (χ4n) is 2.99. The summed E-state index contributed by atoms with van der Waals surface area (Å²) in [5, 5.41) is 2.35. The van der Waals surface area contributed by atoms with Gasteiger partial charge in [0, 0.05) is 10.8 Å². The van der Waals surface area contributed by atoms with E-state index in [9.17, 15) is 0 Å². The molecule has 3 nitrogen and oxygen atoms in total. The first kappa shape index (κ1) is 10.8. The molecule has 0 aliphatic carbocycles. The van der Waals surface area contributed by atoms with Crippen LogP contribution in [0.15, 0.2) is 60.7 Å². The van der Waals surface area contributed by atoms with E-state index in [-0.39, 0.29) is 0 Å². The molecule has 5 aromatic rings. The van der Waals surface area contributed by atoms with E-state index in [0.29, 0.717) is 0 Å².